The average Bonchev–Trinajstić information content (AvgIpc) is 2.27. The van der Waals surface area contributed by atoms with Crippen LogP contribution in [0, 0.1) is 22.2 Å². The largest absolute Gasteiger partial charge is 0.0776 e. The molecule has 0 aliphatic rings. The van der Waals surface area contributed by atoms with Gasteiger partial charge in [-0.1, -0.05) is 123 Å². The summed E-state index contributed by atoms with van der Waals surface area (Å²) in [4.78, 5) is 0. The average molecular weight is 331 g/mol. The Balaban J connectivity index is -0.000000118. The number of hydrogen-bond donors (Lipinski definition) is 0. The predicted octanol–water partition coefficient (Wildman–Crippen LogP) is 9.38. The van der Waals surface area contributed by atoms with Crippen LogP contribution in [-0.4, -0.2) is 0 Å². The van der Waals surface area contributed by atoms with E-state index in [0.717, 1.165) is 5.92 Å². The van der Waals surface area contributed by atoms with Crippen LogP contribution in [0.2, 0.25) is 0 Å². The van der Waals surface area contributed by atoms with Crippen molar-refractivity contribution in [2.75, 3.05) is 0 Å². The number of hydrogen-bond acceptors (Lipinski definition) is 0. The van der Waals surface area contributed by atoms with Gasteiger partial charge in [-0.3, -0.25) is 0 Å². The Morgan fingerprint density at radius 2 is 0.913 bits per heavy atom. The molecule has 0 radical (unpaired) electrons. The molecule has 0 aliphatic carbocycles. The zero-order valence-corrected chi connectivity index (χ0v) is 18.6. The summed E-state index contributed by atoms with van der Waals surface area (Å²) in [6.45, 7) is 29.5. The molecule has 146 valence electrons. The highest BCUT2D eigenvalue weighted by atomic mass is 14.3. The van der Waals surface area contributed by atoms with Crippen molar-refractivity contribution in [2.45, 2.75) is 130 Å². The Morgan fingerprint density at radius 3 is 0.913 bits per heavy atom. The molecule has 0 aliphatic heterocycles. The van der Waals surface area contributed by atoms with Crippen LogP contribution in [0.15, 0.2) is 0 Å². The molecule has 0 heterocycles. The summed E-state index contributed by atoms with van der Waals surface area (Å²) in [6.07, 6.45) is 6.56. The fraction of sp³-hybridized carbons (Fsp3) is 1.00. The first-order valence-corrected chi connectivity index (χ1v) is 9.64. The molecule has 0 amide bonds. The van der Waals surface area contributed by atoms with Gasteiger partial charge in [0.2, 0.25) is 0 Å². The van der Waals surface area contributed by atoms with E-state index in [1.165, 1.54) is 32.1 Å². The maximum absolute atomic E-state index is 2.32. The zero-order valence-electron chi connectivity index (χ0n) is 18.6. The summed E-state index contributed by atoms with van der Waals surface area (Å²) in [5.74, 6) is 0.900. The zero-order chi connectivity index (χ0) is 18.6. The first kappa shape index (κ1) is 30.8. The van der Waals surface area contributed by atoms with Gasteiger partial charge in [0.1, 0.15) is 0 Å². The Morgan fingerprint density at radius 1 is 0.609 bits per heavy atom. The molecule has 0 nitrogen and oxygen atoms in total. The van der Waals surface area contributed by atoms with E-state index in [0.29, 0.717) is 16.2 Å². The van der Waals surface area contributed by atoms with Crippen LogP contribution in [-0.2, 0) is 0 Å². The fourth-order valence-corrected chi connectivity index (χ4v) is 2.26. The maximum Gasteiger partial charge on any atom is -0.0354 e. The summed E-state index contributed by atoms with van der Waals surface area (Å²) >= 11 is 0. The Kier molecular flexibility index (Phi) is 19.2. The molecule has 0 N–H and O–H groups in total. The maximum atomic E-state index is 2.32. The summed E-state index contributed by atoms with van der Waals surface area (Å²) in [5.41, 5.74) is 1.61. The molecule has 0 heteroatoms. The molecule has 0 atom stereocenters. The van der Waals surface area contributed by atoms with Crippen LogP contribution >= 0.6 is 0 Å². The predicted molar refractivity (Wildman–Crippen MR) is 114 cm³/mol. The van der Waals surface area contributed by atoms with Gasteiger partial charge >= 0.3 is 0 Å². The van der Waals surface area contributed by atoms with Crippen LogP contribution in [0.3, 0.4) is 0 Å². The van der Waals surface area contributed by atoms with Crippen molar-refractivity contribution < 1.29 is 0 Å². The summed E-state index contributed by atoms with van der Waals surface area (Å²) in [6, 6.07) is 0. The highest BCUT2D eigenvalue weighted by Gasteiger charge is 2.20. The molecule has 23 heavy (non-hydrogen) atoms. The SMILES string of the molecule is C.CCC(C)(C)C.CCC(CC)C(C)(C)C.CCCC(C)(C)C. The molecule has 0 spiro atoms. The first-order valence-electron chi connectivity index (χ1n) is 9.64. The van der Waals surface area contributed by atoms with Crippen LogP contribution in [0.1, 0.15) is 130 Å². The van der Waals surface area contributed by atoms with Gasteiger partial charge < -0.3 is 0 Å². The smallest absolute Gasteiger partial charge is 0.0354 e. The van der Waals surface area contributed by atoms with E-state index in [-0.39, 0.29) is 7.43 Å². The molecule has 0 fully saturated rings. The van der Waals surface area contributed by atoms with E-state index in [2.05, 4.69) is 90.0 Å². The first-order chi connectivity index (χ1) is 9.64. The molecule has 0 aromatic carbocycles. The van der Waals surface area contributed by atoms with E-state index in [1.807, 2.05) is 0 Å². The van der Waals surface area contributed by atoms with Crippen molar-refractivity contribution in [3.8, 4) is 0 Å². The second-order valence-corrected chi connectivity index (χ2v) is 10.1. The van der Waals surface area contributed by atoms with Crippen molar-refractivity contribution in [2.24, 2.45) is 22.2 Å². The minimum atomic E-state index is 0. The van der Waals surface area contributed by atoms with Gasteiger partial charge in [-0.25, -0.2) is 0 Å². The molecular weight excluding hydrogens is 276 g/mol. The van der Waals surface area contributed by atoms with Crippen LogP contribution in [0.25, 0.3) is 0 Å². The highest BCUT2D eigenvalue weighted by molar-refractivity contribution is 4.70. The summed E-state index contributed by atoms with van der Waals surface area (Å²) in [5, 5.41) is 0. The molecular formula is C23H54. The Labute approximate surface area is 152 Å². The monoisotopic (exact) mass is 330 g/mol. The van der Waals surface area contributed by atoms with Crippen molar-refractivity contribution >= 4 is 0 Å². The van der Waals surface area contributed by atoms with Crippen LogP contribution < -0.4 is 0 Å². The molecule has 0 saturated carbocycles. The lowest BCUT2D eigenvalue weighted by Crippen LogP contribution is -2.18. The van der Waals surface area contributed by atoms with Crippen LogP contribution in [0.5, 0.6) is 0 Å². The lowest BCUT2D eigenvalue weighted by atomic mass is 9.78. The van der Waals surface area contributed by atoms with E-state index in [9.17, 15) is 0 Å². The molecule has 0 aromatic heterocycles. The lowest BCUT2D eigenvalue weighted by Gasteiger charge is -2.28. The van der Waals surface area contributed by atoms with Crippen molar-refractivity contribution in [1.82, 2.24) is 0 Å². The second-order valence-electron chi connectivity index (χ2n) is 10.1. The third-order valence-electron chi connectivity index (χ3n) is 4.27. The van der Waals surface area contributed by atoms with Crippen LogP contribution in [0.4, 0.5) is 0 Å². The third-order valence-corrected chi connectivity index (χ3v) is 4.27. The topological polar surface area (TPSA) is 0 Å². The fourth-order valence-electron chi connectivity index (χ4n) is 2.26. The van der Waals surface area contributed by atoms with Gasteiger partial charge in [0.05, 0.1) is 0 Å². The van der Waals surface area contributed by atoms with E-state index in [1.54, 1.807) is 0 Å². The minimum absolute atomic E-state index is 0. The molecule has 0 aromatic rings. The van der Waals surface area contributed by atoms with Crippen molar-refractivity contribution in [3.63, 3.8) is 0 Å². The van der Waals surface area contributed by atoms with Crippen molar-refractivity contribution in [1.29, 1.82) is 0 Å². The van der Waals surface area contributed by atoms with Gasteiger partial charge in [-0.2, -0.15) is 0 Å². The third kappa shape index (κ3) is 30.4. The van der Waals surface area contributed by atoms with Gasteiger partial charge in [0.15, 0.2) is 0 Å². The molecule has 0 unspecified atom stereocenters. The van der Waals surface area contributed by atoms with Gasteiger partial charge in [0, 0.05) is 0 Å². The van der Waals surface area contributed by atoms with Gasteiger partial charge in [-0.05, 0) is 28.6 Å². The van der Waals surface area contributed by atoms with Gasteiger partial charge in [-0.15, -0.1) is 0 Å². The Bertz CT molecular complexity index is 212. The lowest BCUT2D eigenvalue weighted by molar-refractivity contribution is 0.226. The molecule has 0 bridgehead atoms. The quantitative estimate of drug-likeness (QED) is 0.483. The standard InChI is InChI=1S/C9H20.C7H16.C6H14.CH4/c1-6-8(7-2)9(3,4)5;1-5-6-7(2,3)4;1-5-6(2,3)4;/h8H,6-7H2,1-5H3;5-6H2,1-4H3;5H2,1-4H3;1H4. The normalized spacial score (nSPS) is 11.7. The van der Waals surface area contributed by atoms with Gasteiger partial charge in [0.25, 0.3) is 0 Å². The molecule has 0 rings (SSSR count). The van der Waals surface area contributed by atoms with Crippen molar-refractivity contribution in [3.05, 3.63) is 0 Å². The Hall–Kier alpha value is 0. The van der Waals surface area contributed by atoms with E-state index < -0.39 is 0 Å². The summed E-state index contributed by atoms with van der Waals surface area (Å²) in [7, 11) is 0. The number of rotatable bonds is 3. The second kappa shape index (κ2) is 14.4. The summed E-state index contributed by atoms with van der Waals surface area (Å²) < 4.78 is 0. The highest BCUT2D eigenvalue weighted by Crippen LogP contribution is 2.30. The molecule has 0 saturated heterocycles. The van der Waals surface area contributed by atoms with E-state index in [4.69, 9.17) is 0 Å². The minimum Gasteiger partial charge on any atom is -0.0776 e. The van der Waals surface area contributed by atoms with E-state index >= 15 is 0 Å².